The van der Waals surface area contributed by atoms with Crippen LogP contribution in [0.25, 0.3) is 16.8 Å². The number of carbonyl (C=O) groups is 1. The molecule has 8 nitrogen and oxygen atoms in total. The van der Waals surface area contributed by atoms with E-state index in [1.807, 2.05) is 47.5 Å². The van der Waals surface area contributed by atoms with E-state index >= 15 is 0 Å². The van der Waals surface area contributed by atoms with Gasteiger partial charge in [0.05, 0.1) is 18.3 Å². The molecule has 1 saturated heterocycles. The first-order valence-corrected chi connectivity index (χ1v) is 10.3. The number of imidazole rings is 1. The van der Waals surface area contributed by atoms with Gasteiger partial charge in [0.1, 0.15) is 17.8 Å². The van der Waals surface area contributed by atoms with Gasteiger partial charge in [0.25, 0.3) is 0 Å². The highest BCUT2D eigenvalue weighted by Gasteiger charge is 2.29. The molecule has 0 unspecified atom stereocenters. The van der Waals surface area contributed by atoms with Crippen molar-refractivity contribution in [3.05, 3.63) is 66.8 Å². The zero-order valence-corrected chi connectivity index (χ0v) is 17.2. The summed E-state index contributed by atoms with van der Waals surface area (Å²) < 4.78 is 12.3. The quantitative estimate of drug-likeness (QED) is 0.532. The molecule has 1 N–H and O–H groups in total. The summed E-state index contributed by atoms with van der Waals surface area (Å²) in [4.78, 5) is 19.6. The van der Waals surface area contributed by atoms with E-state index in [1.165, 1.54) is 6.26 Å². The summed E-state index contributed by atoms with van der Waals surface area (Å²) in [5.74, 6) is 2.31. The molecule has 0 bridgehead atoms. The molecule has 0 radical (unpaired) electrons. The predicted octanol–water partition coefficient (Wildman–Crippen LogP) is 4.41. The Hall–Kier alpha value is -3.81. The molecule has 4 heterocycles. The Balaban J connectivity index is 1.46. The fraction of sp³-hybridized carbons (Fsp3) is 0.261. The van der Waals surface area contributed by atoms with Crippen molar-refractivity contribution >= 4 is 17.4 Å². The normalized spacial score (nSPS) is 16.4. The number of urea groups is 1. The summed E-state index contributed by atoms with van der Waals surface area (Å²) in [6.07, 6.45) is 5.35. The average molecular weight is 417 g/mol. The van der Waals surface area contributed by atoms with Crippen molar-refractivity contribution in [2.24, 2.45) is 0 Å². The molecule has 2 amide bonds. The van der Waals surface area contributed by atoms with Crippen LogP contribution in [0, 0.1) is 0 Å². The lowest BCUT2D eigenvalue weighted by atomic mass is 9.97. The van der Waals surface area contributed by atoms with Gasteiger partial charge in [-0.2, -0.15) is 0 Å². The molecule has 1 aliphatic heterocycles. The minimum Gasteiger partial charge on any atom is -0.497 e. The number of nitrogens with zero attached hydrogens (tertiary/aromatic N) is 4. The molecule has 158 valence electrons. The smallest absolute Gasteiger partial charge is 0.323 e. The summed E-state index contributed by atoms with van der Waals surface area (Å²) in [7, 11) is 1.66. The van der Waals surface area contributed by atoms with Gasteiger partial charge >= 0.3 is 6.03 Å². The van der Waals surface area contributed by atoms with Crippen LogP contribution in [0.2, 0.25) is 0 Å². The Kier molecular flexibility index (Phi) is 5.03. The van der Waals surface area contributed by atoms with Crippen LogP contribution in [-0.4, -0.2) is 45.7 Å². The van der Waals surface area contributed by atoms with Gasteiger partial charge in [0.2, 0.25) is 0 Å². The summed E-state index contributed by atoms with van der Waals surface area (Å²) in [5, 5.41) is 6.55. The van der Waals surface area contributed by atoms with Gasteiger partial charge in [-0.3, -0.25) is 5.32 Å². The van der Waals surface area contributed by atoms with E-state index in [4.69, 9.17) is 14.2 Å². The second-order valence-electron chi connectivity index (χ2n) is 7.61. The fourth-order valence-corrected chi connectivity index (χ4v) is 4.17. The Labute approximate surface area is 179 Å². The largest absolute Gasteiger partial charge is 0.497 e. The highest BCUT2D eigenvalue weighted by molar-refractivity contribution is 5.88. The van der Waals surface area contributed by atoms with Crippen molar-refractivity contribution in [2.75, 3.05) is 25.5 Å². The van der Waals surface area contributed by atoms with Crippen LogP contribution in [0.5, 0.6) is 5.75 Å². The predicted molar refractivity (Wildman–Crippen MR) is 116 cm³/mol. The number of piperidine rings is 1. The van der Waals surface area contributed by atoms with Crippen LogP contribution >= 0.6 is 0 Å². The number of likely N-dealkylation sites (tertiary alicyclic amines) is 1. The number of anilines is 1. The first-order valence-electron chi connectivity index (χ1n) is 10.3. The molecule has 1 aromatic carbocycles. The van der Waals surface area contributed by atoms with Crippen LogP contribution in [-0.2, 0) is 0 Å². The second kappa shape index (κ2) is 8.14. The molecule has 1 atom stereocenters. The van der Waals surface area contributed by atoms with Gasteiger partial charge in [-0.25, -0.2) is 9.78 Å². The number of methoxy groups -OCH3 is 1. The second-order valence-corrected chi connectivity index (χ2v) is 7.61. The van der Waals surface area contributed by atoms with Crippen LogP contribution in [0.15, 0.2) is 65.5 Å². The number of hydrogen-bond acceptors (Lipinski definition) is 5. The summed E-state index contributed by atoms with van der Waals surface area (Å²) in [5.41, 5.74) is 2.96. The molecule has 5 rings (SSSR count). The van der Waals surface area contributed by atoms with Crippen LogP contribution in [0.3, 0.4) is 0 Å². The van der Waals surface area contributed by atoms with Gasteiger partial charge in [-0.15, -0.1) is 0 Å². The van der Waals surface area contributed by atoms with Crippen LogP contribution < -0.4 is 10.1 Å². The minimum atomic E-state index is -0.174. The lowest BCUT2D eigenvalue weighted by Crippen LogP contribution is -2.42. The first kappa shape index (κ1) is 19.2. The summed E-state index contributed by atoms with van der Waals surface area (Å²) >= 11 is 0. The van der Waals surface area contributed by atoms with Gasteiger partial charge in [-0.1, -0.05) is 23.4 Å². The number of benzene rings is 1. The zero-order valence-electron chi connectivity index (χ0n) is 17.2. The highest BCUT2D eigenvalue weighted by Crippen LogP contribution is 2.33. The van der Waals surface area contributed by atoms with E-state index in [0.717, 1.165) is 41.2 Å². The molecule has 1 aliphatic rings. The van der Waals surface area contributed by atoms with Crippen molar-refractivity contribution in [1.82, 2.24) is 19.4 Å². The number of rotatable bonds is 4. The third-order valence-corrected chi connectivity index (χ3v) is 5.67. The van der Waals surface area contributed by atoms with Crippen LogP contribution in [0.1, 0.15) is 24.6 Å². The number of carbonyl (C=O) groups excluding carboxylic acids is 1. The SMILES string of the molecule is COc1cccc(-c2nc([C@@H]3CCCN(C(=O)Nc4ccon4)C3)n3ccccc23)c1. The average Bonchev–Trinajstić information content (AvgIpc) is 3.47. The number of fused-ring (bicyclic) bond motifs is 1. The maximum absolute atomic E-state index is 12.7. The van der Waals surface area contributed by atoms with E-state index < -0.39 is 0 Å². The molecule has 1 fully saturated rings. The number of ether oxygens (including phenoxy) is 1. The standard InChI is InChI=1S/C23H23N5O3/c1-30-18-8-4-6-16(14-18)21-19-9-2-3-12-28(19)22(25-21)17-7-5-11-27(15-17)23(29)24-20-10-13-31-26-20/h2-4,6,8-10,12-14,17H,5,7,11,15H2,1H3,(H,24,26,29)/t17-/m1/s1. The van der Waals surface area contributed by atoms with E-state index in [2.05, 4.69) is 20.9 Å². The van der Waals surface area contributed by atoms with Crippen molar-refractivity contribution in [1.29, 1.82) is 0 Å². The maximum atomic E-state index is 12.7. The number of aromatic nitrogens is 3. The van der Waals surface area contributed by atoms with Crippen molar-refractivity contribution < 1.29 is 14.1 Å². The Morgan fingerprint density at radius 2 is 2.16 bits per heavy atom. The van der Waals surface area contributed by atoms with Crippen molar-refractivity contribution in [3.63, 3.8) is 0 Å². The highest BCUT2D eigenvalue weighted by atomic mass is 16.5. The van der Waals surface area contributed by atoms with E-state index in [-0.39, 0.29) is 11.9 Å². The van der Waals surface area contributed by atoms with Crippen molar-refractivity contribution in [3.8, 4) is 17.0 Å². The topological polar surface area (TPSA) is 84.9 Å². The fourth-order valence-electron chi connectivity index (χ4n) is 4.17. The molecule has 31 heavy (non-hydrogen) atoms. The van der Waals surface area contributed by atoms with E-state index in [0.29, 0.717) is 18.9 Å². The molecular formula is C23H23N5O3. The Bertz CT molecular complexity index is 1200. The Morgan fingerprint density at radius 1 is 1.23 bits per heavy atom. The van der Waals surface area contributed by atoms with Gasteiger partial charge in [-0.05, 0) is 37.1 Å². The summed E-state index contributed by atoms with van der Waals surface area (Å²) in [6.45, 7) is 1.29. The van der Waals surface area contributed by atoms with Gasteiger partial charge in [0, 0.05) is 36.8 Å². The molecule has 0 aliphatic carbocycles. The molecule has 0 saturated carbocycles. The lowest BCUT2D eigenvalue weighted by Gasteiger charge is -2.31. The maximum Gasteiger partial charge on any atom is 0.323 e. The minimum absolute atomic E-state index is 0.131. The lowest BCUT2D eigenvalue weighted by molar-refractivity contribution is 0.191. The number of hydrogen-bond donors (Lipinski definition) is 1. The van der Waals surface area contributed by atoms with Crippen LogP contribution in [0.4, 0.5) is 10.6 Å². The summed E-state index contributed by atoms with van der Waals surface area (Å²) in [6, 6.07) is 15.5. The zero-order chi connectivity index (χ0) is 21.2. The molecule has 8 heteroatoms. The van der Waals surface area contributed by atoms with E-state index in [9.17, 15) is 4.79 Å². The van der Waals surface area contributed by atoms with Gasteiger partial charge in [0.15, 0.2) is 5.82 Å². The number of pyridine rings is 1. The monoisotopic (exact) mass is 417 g/mol. The van der Waals surface area contributed by atoms with E-state index in [1.54, 1.807) is 13.2 Å². The molecule has 3 aromatic heterocycles. The molecule has 4 aromatic rings. The van der Waals surface area contributed by atoms with Crippen molar-refractivity contribution in [2.45, 2.75) is 18.8 Å². The molecule has 0 spiro atoms. The van der Waals surface area contributed by atoms with Gasteiger partial charge < -0.3 is 18.6 Å². The molecular weight excluding hydrogens is 394 g/mol. The first-order chi connectivity index (χ1) is 15.2. The number of nitrogens with one attached hydrogen (secondary N) is 1. The number of amides is 2. The third-order valence-electron chi connectivity index (χ3n) is 5.67. The third kappa shape index (κ3) is 3.72. The Morgan fingerprint density at radius 3 is 3.00 bits per heavy atom.